The zero-order valence-electron chi connectivity index (χ0n) is 12.6. The van der Waals surface area contributed by atoms with Gasteiger partial charge in [-0.25, -0.2) is 0 Å². The number of carbonyl (C=O) groups excluding carboxylic acids is 2. The molecule has 0 amide bonds. The van der Waals surface area contributed by atoms with Crippen LogP contribution in [0, 0.1) is 16.7 Å². The number of benzene rings is 1. The summed E-state index contributed by atoms with van der Waals surface area (Å²) >= 11 is 0. The molecule has 4 heteroatoms. The maximum Gasteiger partial charge on any atom is 0.320 e. The minimum Gasteiger partial charge on any atom is -0.459 e. The van der Waals surface area contributed by atoms with Crippen LogP contribution in [0.25, 0.3) is 0 Å². The Morgan fingerprint density at radius 3 is 2.62 bits per heavy atom. The van der Waals surface area contributed by atoms with E-state index in [1.165, 1.54) is 0 Å². The first-order valence-electron chi connectivity index (χ1n) is 7.03. The van der Waals surface area contributed by atoms with Crippen molar-refractivity contribution in [3.05, 3.63) is 35.4 Å². The van der Waals surface area contributed by atoms with Crippen molar-refractivity contribution in [2.75, 3.05) is 0 Å². The Morgan fingerprint density at radius 2 is 2.05 bits per heavy atom. The Bertz CT molecular complexity index is 622. The highest BCUT2D eigenvalue weighted by atomic mass is 16.6. The molecule has 0 aliphatic heterocycles. The number of carbonyl (C=O) groups is 2. The first-order valence-corrected chi connectivity index (χ1v) is 7.03. The summed E-state index contributed by atoms with van der Waals surface area (Å²) in [4.78, 5) is 25.4. The molecular weight excluding hydrogens is 266 g/mol. The van der Waals surface area contributed by atoms with Gasteiger partial charge >= 0.3 is 5.97 Å². The lowest BCUT2D eigenvalue weighted by Crippen LogP contribution is -2.42. The Kier molecular flexibility index (Phi) is 3.87. The number of esters is 1. The molecule has 0 radical (unpaired) electrons. The van der Waals surface area contributed by atoms with E-state index in [9.17, 15) is 9.59 Å². The molecule has 21 heavy (non-hydrogen) atoms. The molecule has 0 N–H and O–H groups in total. The molecule has 1 aliphatic carbocycles. The van der Waals surface area contributed by atoms with Crippen molar-refractivity contribution < 1.29 is 14.3 Å². The molecule has 1 aliphatic rings. The second-order valence-electron chi connectivity index (χ2n) is 6.41. The fraction of sp³-hybridized carbons (Fsp3) is 0.471. The zero-order chi connectivity index (χ0) is 15.7. The second-order valence-corrected chi connectivity index (χ2v) is 6.41. The number of hydrogen-bond donors (Lipinski definition) is 0. The molecule has 0 spiro atoms. The van der Waals surface area contributed by atoms with Gasteiger partial charge in [-0.2, -0.15) is 5.26 Å². The van der Waals surface area contributed by atoms with Crippen LogP contribution in [0.1, 0.15) is 49.5 Å². The summed E-state index contributed by atoms with van der Waals surface area (Å²) in [6, 6.07) is 9.24. The molecule has 0 aromatic heterocycles. The Labute approximate surface area is 124 Å². The van der Waals surface area contributed by atoms with Crippen molar-refractivity contribution in [3.8, 4) is 6.07 Å². The topological polar surface area (TPSA) is 67.2 Å². The largest absolute Gasteiger partial charge is 0.459 e. The fourth-order valence-electron chi connectivity index (χ4n) is 2.67. The lowest BCUT2D eigenvalue weighted by Gasteiger charge is -2.29. The van der Waals surface area contributed by atoms with Gasteiger partial charge in [0.25, 0.3) is 0 Å². The SMILES string of the molecule is CC(C)(C)OC(=O)[C@]1(CCC#N)Cc2ccccc2C1=O. The molecule has 0 unspecified atom stereocenters. The summed E-state index contributed by atoms with van der Waals surface area (Å²) < 4.78 is 5.45. The summed E-state index contributed by atoms with van der Waals surface area (Å²) in [5.74, 6) is -0.742. The highest BCUT2D eigenvalue weighted by Crippen LogP contribution is 2.42. The van der Waals surface area contributed by atoms with Crippen molar-refractivity contribution in [2.24, 2.45) is 5.41 Å². The number of ether oxygens (including phenoxy) is 1. The number of nitrogens with zero attached hydrogens (tertiary/aromatic N) is 1. The van der Waals surface area contributed by atoms with Crippen LogP contribution in [-0.4, -0.2) is 17.4 Å². The number of rotatable bonds is 3. The van der Waals surface area contributed by atoms with Gasteiger partial charge in [0.15, 0.2) is 5.78 Å². The molecule has 2 rings (SSSR count). The normalized spacial score (nSPS) is 20.8. The van der Waals surface area contributed by atoms with E-state index in [2.05, 4.69) is 0 Å². The monoisotopic (exact) mass is 285 g/mol. The first kappa shape index (κ1) is 15.2. The summed E-state index contributed by atoms with van der Waals surface area (Å²) in [7, 11) is 0. The fourth-order valence-corrected chi connectivity index (χ4v) is 2.67. The molecule has 0 saturated heterocycles. The zero-order valence-corrected chi connectivity index (χ0v) is 12.6. The Morgan fingerprint density at radius 1 is 1.38 bits per heavy atom. The van der Waals surface area contributed by atoms with Crippen LogP contribution in [0.2, 0.25) is 0 Å². The van der Waals surface area contributed by atoms with Crippen molar-refractivity contribution in [1.29, 1.82) is 5.26 Å². The third-order valence-electron chi connectivity index (χ3n) is 3.64. The van der Waals surface area contributed by atoms with Gasteiger partial charge in [0.05, 0.1) is 6.07 Å². The molecule has 0 saturated carbocycles. The molecule has 0 bridgehead atoms. The van der Waals surface area contributed by atoms with Crippen LogP contribution in [0.4, 0.5) is 0 Å². The molecule has 4 nitrogen and oxygen atoms in total. The molecule has 1 atom stereocenters. The minimum absolute atomic E-state index is 0.152. The van der Waals surface area contributed by atoms with Crippen LogP contribution in [0.15, 0.2) is 24.3 Å². The van der Waals surface area contributed by atoms with Gasteiger partial charge in [-0.05, 0) is 39.2 Å². The van der Waals surface area contributed by atoms with E-state index < -0.39 is 17.0 Å². The molecule has 0 heterocycles. The van der Waals surface area contributed by atoms with Crippen LogP contribution >= 0.6 is 0 Å². The quantitative estimate of drug-likeness (QED) is 0.632. The maximum absolute atomic E-state index is 12.7. The molecule has 110 valence electrons. The molecule has 0 fully saturated rings. The summed E-state index contributed by atoms with van der Waals surface area (Å²) in [6.07, 6.45) is 0.670. The summed E-state index contributed by atoms with van der Waals surface area (Å²) in [5, 5.41) is 8.85. The van der Waals surface area contributed by atoms with E-state index in [0.717, 1.165) is 5.56 Å². The van der Waals surface area contributed by atoms with Crippen molar-refractivity contribution in [2.45, 2.75) is 45.6 Å². The van der Waals surface area contributed by atoms with Crippen LogP contribution in [0.3, 0.4) is 0 Å². The molecule has 1 aromatic carbocycles. The lowest BCUT2D eigenvalue weighted by molar-refractivity contribution is -0.164. The minimum atomic E-state index is -1.24. The van der Waals surface area contributed by atoms with Crippen LogP contribution in [0.5, 0.6) is 0 Å². The van der Waals surface area contributed by atoms with E-state index in [1.54, 1.807) is 32.9 Å². The summed E-state index contributed by atoms with van der Waals surface area (Å²) in [6.45, 7) is 5.32. The number of Topliss-reactive ketones (excluding diaryl/α,β-unsaturated/α-hetero) is 1. The van der Waals surface area contributed by atoms with Gasteiger partial charge in [-0.3, -0.25) is 9.59 Å². The van der Waals surface area contributed by atoms with Crippen molar-refractivity contribution in [1.82, 2.24) is 0 Å². The van der Waals surface area contributed by atoms with Gasteiger partial charge < -0.3 is 4.74 Å². The van der Waals surface area contributed by atoms with E-state index >= 15 is 0 Å². The number of hydrogen-bond acceptors (Lipinski definition) is 4. The van der Waals surface area contributed by atoms with E-state index in [0.29, 0.717) is 12.0 Å². The number of nitriles is 1. The van der Waals surface area contributed by atoms with Gasteiger partial charge in [-0.15, -0.1) is 0 Å². The predicted octanol–water partition coefficient (Wildman–Crippen LogP) is 3.06. The highest BCUT2D eigenvalue weighted by Gasteiger charge is 2.52. The molecule has 1 aromatic rings. The predicted molar refractivity (Wildman–Crippen MR) is 77.6 cm³/mol. The standard InChI is InChI=1S/C17H19NO3/c1-16(2,3)21-15(20)17(9-6-10-18)11-12-7-4-5-8-13(12)14(17)19/h4-5,7-8H,6,9,11H2,1-3H3/t17-/m1/s1. The first-order chi connectivity index (χ1) is 9.80. The highest BCUT2D eigenvalue weighted by molar-refractivity contribution is 6.16. The van der Waals surface area contributed by atoms with Crippen molar-refractivity contribution >= 4 is 11.8 Å². The lowest BCUT2D eigenvalue weighted by atomic mass is 9.79. The van der Waals surface area contributed by atoms with E-state index in [-0.39, 0.29) is 18.6 Å². The van der Waals surface area contributed by atoms with Crippen LogP contribution in [-0.2, 0) is 16.0 Å². The average molecular weight is 285 g/mol. The third kappa shape index (κ3) is 2.82. The number of ketones is 1. The van der Waals surface area contributed by atoms with E-state index in [1.807, 2.05) is 18.2 Å². The maximum atomic E-state index is 12.7. The van der Waals surface area contributed by atoms with Gasteiger partial charge in [0.2, 0.25) is 0 Å². The third-order valence-corrected chi connectivity index (χ3v) is 3.64. The Hall–Kier alpha value is -2.15. The average Bonchev–Trinajstić information content (AvgIpc) is 2.69. The summed E-state index contributed by atoms with van der Waals surface area (Å²) in [5.41, 5.74) is -0.481. The molecular formula is C17H19NO3. The van der Waals surface area contributed by atoms with Gasteiger partial charge in [-0.1, -0.05) is 24.3 Å². The van der Waals surface area contributed by atoms with Gasteiger partial charge in [0, 0.05) is 12.0 Å². The second kappa shape index (κ2) is 5.33. The van der Waals surface area contributed by atoms with Gasteiger partial charge in [0.1, 0.15) is 11.0 Å². The van der Waals surface area contributed by atoms with Crippen molar-refractivity contribution in [3.63, 3.8) is 0 Å². The number of fused-ring (bicyclic) bond motifs is 1. The van der Waals surface area contributed by atoms with Crippen LogP contribution < -0.4 is 0 Å². The smallest absolute Gasteiger partial charge is 0.320 e. The Balaban J connectivity index is 2.40. The van der Waals surface area contributed by atoms with E-state index in [4.69, 9.17) is 10.00 Å².